The third kappa shape index (κ3) is 2.17. The summed E-state index contributed by atoms with van der Waals surface area (Å²) in [5.41, 5.74) is 0.752. The van der Waals surface area contributed by atoms with E-state index in [0.717, 1.165) is 5.52 Å². The Labute approximate surface area is 120 Å². The summed E-state index contributed by atoms with van der Waals surface area (Å²) < 4.78 is 25.5. The number of sulfone groups is 1. The lowest BCUT2D eigenvalue weighted by Crippen LogP contribution is -1.98. The molecule has 20 heavy (non-hydrogen) atoms. The van der Waals surface area contributed by atoms with Crippen molar-refractivity contribution in [3.05, 3.63) is 48.0 Å². The summed E-state index contributed by atoms with van der Waals surface area (Å²) in [6.45, 7) is 0. The van der Waals surface area contributed by atoms with E-state index in [-0.39, 0.29) is 10.2 Å². The Balaban J connectivity index is 2.38. The van der Waals surface area contributed by atoms with E-state index in [1.165, 1.54) is 12.5 Å². The van der Waals surface area contributed by atoms with Gasteiger partial charge in [0.15, 0.2) is 9.84 Å². The maximum atomic E-state index is 11.9. The van der Waals surface area contributed by atoms with Crippen molar-refractivity contribution in [1.29, 1.82) is 0 Å². The van der Waals surface area contributed by atoms with Gasteiger partial charge in [0.25, 0.3) is 0 Å². The van der Waals surface area contributed by atoms with Gasteiger partial charge >= 0.3 is 0 Å². The van der Waals surface area contributed by atoms with Crippen LogP contribution in [0.3, 0.4) is 0 Å². The number of para-hydroxylation sites is 1. The fourth-order valence-electron chi connectivity index (χ4n) is 2.09. The lowest BCUT2D eigenvalue weighted by Gasteiger charge is -2.03. The second-order valence-corrected chi connectivity index (χ2v) is 6.66. The van der Waals surface area contributed by atoms with Crippen LogP contribution in [0.4, 0.5) is 0 Å². The Bertz CT molecular complexity index is 903. The van der Waals surface area contributed by atoms with Crippen molar-refractivity contribution in [3.63, 3.8) is 0 Å². The molecule has 102 valence electrons. The Morgan fingerprint density at radius 1 is 1.20 bits per heavy atom. The van der Waals surface area contributed by atoms with Crippen LogP contribution in [0.15, 0.2) is 47.6 Å². The molecule has 0 aliphatic carbocycles. The van der Waals surface area contributed by atoms with Gasteiger partial charge in [0.1, 0.15) is 5.82 Å². The van der Waals surface area contributed by atoms with E-state index in [0.29, 0.717) is 11.2 Å². The number of nitrogens with zero attached hydrogens (tertiary/aromatic N) is 3. The Morgan fingerprint density at radius 2 is 1.95 bits per heavy atom. The van der Waals surface area contributed by atoms with Gasteiger partial charge < -0.3 is 0 Å². The SMILES string of the molecule is CS(=O)(=O)c1cn(-c2ccnc(Cl)n2)c2ccccc12. The standard InChI is InChI=1S/C13H10ClN3O2S/c1-20(18,19)11-8-17(10-5-3-2-4-9(10)11)12-6-7-15-13(14)16-12/h2-8H,1H3. The average molecular weight is 308 g/mol. The number of benzene rings is 1. The minimum atomic E-state index is -3.32. The first-order chi connectivity index (χ1) is 9.47. The molecule has 0 bridgehead atoms. The normalized spacial score (nSPS) is 11.9. The molecule has 0 aliphatic heterocycles. The molecule has 5 nitrogen and oxygen atoms in total. The second-order valence-electron chi connectivity index (χ2n) is 4.34. The van der Waals surface area contributed by atoms with E-state index >= 15 is 0 Å². The van der Waals surface area contributed by atoms with Gasteiger partial charge in [-0.15, -0.1) is 0 Å². The molecule has 0 saturated carbocycles. The number of fused-ring (bicyclic) bond motifs is 1. The van der Waals surface area contributed by atoms with E-state index in [4.69, 9.17) is 11.6 Å². The summed E-state index contributed by atoms with van der Waals surface area (Å²) in [6, 6.07) is 8.91. The topological polar surface area (TPSA) is 64.8 Å². The van der Waals surface area contributed by atoms with Crippen molar-refractivity contribution >= 4 is 32.3 Å². The van der Waals surface area contributed by atoms with Crippen molar-refractivity contribution < 1.29 is 8.42 Å². The van der Waals surface area contributed by atoms with Gasteiger partial charge in [-0.3, -0.25) is 4.57 Å². The van der Waals surface area contributed by atoms with Gasteiger partial charge in [-0.1, -0.05) is 18.2 Å². The van der Waals surface area contributed by atoms with E-state index in [1.54, 1.807) is 29.0 Å². The van der Waals surface area contributed by atoms with Gasteiger partial charge in [0.05, 0.1) is 10.4 Å². The molecular formula is C13H10ClN3O2S. The number of rotatable bonds is 2. The minimum absolute atomic E-state index is 0.112. The van der Waals surface area contributed by atoms with Gasteiger partial charge in [-0.2, -0.15) is 4.98 Å². The molecular weight excluding hydrogens is 298 g/mol. The first-order valence-corrected chi connectivity index (χ1v) is 8.03. The van der Waals surface area contributed by atoms with Crippen LogP contribution in [0, 0.1) is 0 Å². The molecule has 3 aromatic rings. The summed E-state index contributed by atoms with van der Waals surface area (Å²) in [7, 11) is -3.32. The lowest BCUT2D eigenvalue weighted by molar-refractivity contribution is 0.602. The summed E-state index contributed by atoms with van der Waals surface area (Å²) in [5, 5.41) is 0.769. The van der Waals surface area contributed by atoms with Crippen LogP contribution in [0.5, 0.6) is 0 Å². The Morgan fingerprint density at radius 3 is 2.65 bits per heavy atom. The average Bonchev–Trinajstić information content (AvgIpc) is 2.78. The molecule has 2 aromatic heterocycles. The van der Waals surface area contributed by atoms with Crippen molar-refractivity contribution in [2.45, 2.75) is 4.90 Å². The highest BCUT2D eigenvalue weighted by Crippen LogP contribution is 2.27. The highest BCUT2D eigenvalue weighted by atomic mass is 35.5. The summed E-state index contributed by atoms with van der Waals surface area (Å²) in [5.74, 6) is 0.524. The molecule has 2 heterocycles. The largest absolute Gasteiger partial charge is 0.300 e. The van der Waals surface area contributed by atoms with Crippen LogP contribution < -0.4 is 0 Å². The maximum Gasteiger partial charge on any atom is 0.224 e. The molecule has 0 radical (unpaired) electrons. The van der Waals surface area contributed by atoms with Crippen molar-refractivity contribution in [3.8, 4) is 5.82 Å². The van der Waals surface area contributed by atoms with Crippen molar-refractivity contribution in [2.24, 2.45) is 0 Å². The van der Waals surface area contributed by atoms with E-state index < -0.39 is 9.84 Å². The maximum absolute atomic E-state index is 11.9. The smallest absolute Gasteiger partial charge is 0.224 e. The zero-order chi connectivity index (χ0) is 14.3. The fourth-order valence-corrected chi connectivity index (χ4v) is 3.11. The van der Waals surface area contributed by atoms with Crippen LogP contribution in [0.2, 0.25) is 5.28 Å². The first kappa shape index (κ1) is 13.1. The zero-order valence-electron chi connectivity index (χ0n) is 10.5. The van der Waals surface area contributed by atoms with Gasteiger partial charge in [0.2, 0.25) is 5.28 Å². The highest BCUT2D eigenvalue weighted by molar-refractivity contribution is 7.91. The molecule has 0 saturated heterocycles. The summed E-state index contributed by atoms with van der Waals surface area (Å²) >= 11 is 5.79. The van der Waals surface area contributed by atoms with Gasteiger partial charge in [0, 0.05) is 24.0 Å². The summed E-state index contributed by atoms with van der Waals surface area (Å²) in [4.78, 5) is 8.20. The Kier molecular flexibility index (Phi) is 2.99. The zero-order valence-corrected chi connectivity index (χ0v) is 12.1. The van der Waals surface area contributed by atoms with Crippen LogP contribution in [0.25, 0.3) is 16.7 Å². The summed E-state index contributed by atoms with van der Waals surface area (Å²) in [6.07, 6.45) is 4.27. The van der Waals surface area contributed by atoms with E-state index in [9.17, 15) is 8.42 Å². The van der Waals surface area contributed by atoms with Crippen LogP contribution in [0.1, 0.15) is 0 Å². The van der Waals surface area contributed by atoms with Crippen molar-refractivity contribution in [1.82, 2.24) is 14.5 Å². The third-order valence-electron chi connectivity index (χ3n) is 2.93. The number of hydrogen-bond acceptors (Lipinski definition) is 4. The molecule has 1 aromatic carbocycles. The van der Waals surface area contributed by atoms with E-state index in [2.05, 4.69) is 9.97 Å². The fraction of sp³-hybridized carbons (Fsp3) is 0.0769. The predicted molar refractivity (Wildman–Crippen MR) is 77.0 cm³/mol. The molecule has 0 spiro atoms. The molecule has 0 N–H and O–H groups in total. The van der Waals surface area contributed by atoms with Crippen LogP contribution in [-0.2, 0) is 9.84 Å². The van der Waals surface area contributed by atoms with Crippen LogP contribution in [-0.4, -0.2) is 29.2 Å². The quantitative estimate of drug-likeness (QED) is 0.682. The second kappa shape index (κ2) is 4.57. The van der Waals surface area contributed by atoms with E-state index in [1.807, 2.05) is 12.1 Å². The Hall–Kier alpha value is -1.92. The molecule has 0 fully saturated rings. The molecule has 0 amide bonds. The highest BCUT2D eigenvalue weighted by Gasteiger charge is 2.17. The molecule has 7 heteroatoms. The van der Waals surface area contributed by atoms with Gasteiger partial charge in [-0.05, 0) is 23.7 Å². The minimum Gasteiger partial charge on any atom is -0.300 e. The molecule has 0 unspecified atom stereocenters. The number of halogens is 1. The third-order valence-corrected chi connectivity index (χ3v) is 4.24. The lowest BCUT2D eigenvalue weighted by atomic mass is 10.2. The molecule has 0 atom stereocenters. The number of aromatic nitrogens is 3. The van der Waals surface area contributed by atoms with Crippen molar-refractivity contribution in [2.75, 3.05) is 6.26 Å². The monoisotopic (exact) mass is 307 g/mol. The molecule has 3 rings (SSSR count). The van der Waals surface area contributed by atoms with Crippen LogP contribution >= 0.6 is 11.6 Å². The predicted octanol–water partition coefficient (Wildman–Crippen LogP) is 2.48. The van der Waals surface area contributed by atoms with Gasteiger partial charge in [-0.25, -0.2) is 13.4 Å². The molecule has 0 aliphatic rings. The first-order valence-electron chi connectivity index (χ1n) is 5.76. The number of hydrogen-bond donors (Lipinski definition) is 0.